The Labute approximate surface area is 103 Å². The first-order valence-corrected chi connectivity index (χ1v) is 5.88. The van der Waals surface area contributed by atoms with E-state index in [4.69, 9.17) is 4.74 Å². The van der Waals surface area contributed by atoms with Crippen molar-refractivity contribution >= 4 is 10.9 Å². The monoisotopic (exact) mass is 246 g/mol. The van der Waals surface area contributed by atoms with Gasteiger partial charge in [0, 0.05) is 26.0 Å². The van der Waals surface area contributed by atoms with E-state index in [0.29, 0.717) is 16.7 Å². The molecule has 1 fully saturated rings. The van der Waals surface area contributed by atoms with Crippen LogP contribution >= 0.6 is 0 Å². The van der Waals surface area contributed by atoms with Gasteiger partial charge in [-0.05, 0) is 12.5 Å². The summed E-state index contributed by atoms with van der Waals surface area (Å²) in [7, 11) is 1.69. The molecule has 3 rings (SSSR count). The third-order valence-corrected chi connectivity index (χ3v) is 3.28. The van der Waals surface area contributed by atoms with Crippen LogP contribution in [0.5, 0.6) is 0 Å². The number of hydrogen-bond donors (Lipinski definition) is 2. The number of aromatic nitrogens is 3. The van der Waals surface area contributed by atoms with Crippen molar-refractivity contribution in [3.63, 3.8) is 0 Å². The van der Waals surface area contributed by atoms with Crippen molar-refractivity contribution in [2.45, 2.75) is 18.6 Å². The Morgan fingerprint density at radius 1 is 1.50 bits per heavy atom. The maximum atomic E-state index is 11.9. The summed E-state index contributed by atoms with van der Waals surface area (Å²) in [5, 5.41) is 3.81. The maximum Gasteiger partial charge on any atom is 0.260 e. The highest BCUT2D eigenvalue weighted by molar-refractivity contribution is 5.75. The number of hydrogen-bond acceptors (Lipinski definition) is 5. The summed E-state index contributed by atoms with van der Waals surface area (Å²) < 4.78 is 5.29. The van der Waals surface area contributed by atoms with Gasteiger partial charge in [-0.15, -0.1) is 0 Å². The van der Waals surface area contributed by atoms with Crippen LogP contribution < -0.4 is 10.9 Å². The van der Waals surface area contributed by atoms with Gasteiger partial charge in [-0.2, -0.15) is 0 Å². The minimum Gasteiger partial charge on any atom is -0.380 e. The molecule has 18 heavy (non-hydrogen) atoms. The number of nitrogens with one attached hydrogen (secondary N) is 2. The van der Waals surface area contributed by atoms with Gasteiger partial charge in [0.2, 0.25) is 0 Å². The predicted octanol–water partition coefficient (Wildman–Crippen LogP) is 0.368. The van der Waals surface area contributed by atoms with Crippen LogP contribution in [0.25, 0.3) is 10.9 Å². The molecule has 0 spiro atoms. The summed E-state index contributed by atoms with van der Waals surface area (Å²) in [6.07, 6.45) is 4.16. The SMILES string of the molecule is CO[C@H]1CN[C@H](c2nc3ccncc3c(=O)[nH]2)C1. The molecule has 2 aromatic heterocycles. The first-order valence-electron chi connectivity index (χ1n) is 5.88. The van der Waals surface area contributed by atoms with Crippen LogP contribution in [0.2, 0.25) is 0 Å². The van der Waals surface area contributed by atoms with Gasteiger partial charge in [0.25, 0.3) is 5.56 Å². The second kappa shape index (κ2) is 4.47. The number of H-pyrrole nitrogens is 1. The highest BCUT2D eigenvalue weighted by atomic mass is 16.5. The molecule has 6 nitrogen and oxygen atoms in total. The molecule has 0 aromatic carbocycles. The van der Waals surface area contributed by atoms with E-state index in [-0.39, 0.29) is 17.7 Å². The molecule has 6 heteroatoms. The smallest absolute Gasteiger partial charge is 0.260 e. The van der Waals surface area contributed by atoms with Crippen molar-refractivity contribution in [3.8, 4) is 0 Å². The first-order chi connectivity index (χ1) is 8.78. The largest absolute Gasteiger partial charge is 0.380 e. The molecular weight excluding hydrogens is 232 g/mol. The molecule has 1 aliphatic rings. The van der Waals surface area contributed by atoms with Crippen LogP contribution in [0.15, 0.2) is 23.3 Å². The van der Waals surface area contributed by atoms with E-state index in [2.05, 4.69) is 20.3 Å². The van der Waals surface area contributed by atoms with E-state index >= 15 is 0 Å². The summed E-state index contributed by atoms with van der Waals surface area (Å²) in [6.45, 7) is 0.777. The van der Waals surface area contributed by atoms with Gasteiger partial charge in [0.05, 0.1) is 23.0 Å². The third-order valence-electron chi connectivity index (χ3n) is 3.28. The number of pyridine rings is 1. The molecule has 2 aromatic rings. The first kappa shape index (κ1) is 11.3. The number of ether oxygens (including phenoxy) is 1. The zero-order valence-corrected chi connectivity index (χ0v) is 10.0. The van der Waals surface area contributed by atoms with Crippen molar-refractivity contribution in [2.24, 2.45) is 0 Å². The van der Waals surface area contributed by atoms with E-state index in [1.54, 1.807) is 19.4 Å². The lowest BCUT2D eigenvalue weighted by Crippen LogP contribution is -2.21. The average Bonchev–Trinajstić information content (AvgIpc) is 2.87. The van der Waals surface area contributed by atoms with Gasteiger partial charge in [-0.1, -0.05) is 0 Å². The van der Waals surface area contributed by atoms with Gasteiger partial charge < -0.3 is 15.0 Å². The Hall–Kier alpha value is -1.79. The average molecular weight is 246 g/mol. The van der Waals surface area contributed by atoms with Crippen LogP contribution in [0.3, 0.4) is 0 Å². The standard InChI is InChI=1S/C12H14N4O2/c1-18-7-4-10(14-5-7)11-15-9-2-3-13-6-8(9)12(17)16-11/h2-3,6-7,10,14H,4-5H2,1H3,(H,15,16,17)/t7-,10+/m1/s1. The summed E-state index contributed by atoms with van der Waals surface area (Å²) in [6, 6.07) is 1.79. The molecule has 0 amide bonds. The quantitative estimate of drug-likeness (QED) is 0.800. The van der Waals surface area contributed by atoms with Gasteiger partial charge >= 0.3 is 0 Å². The Morgan fingerprint density at radius 2 is 2.39 bits per heavy atom. The Kier molecular flexibility index (Phi) is 2.81. The number of aromatic amines is 1. The Balaban J connectivity index is 2.01. The third kappa shape index (κ3) is 1.89. The second-order valence-electron chi connectivity index (χ2n) is 4.40. The van der Waals surface area contributed by atoms with Gasteiger partial charge in [0.15, 0.2) is 0 Å². The van der Waals surface area contributed by atoms with Crippen molar-refractivity contribution in [3.05, 3.63) is 34.6 Å². The topological polar surface area (TPSA) is 79.9 Å². The molecule has 0 aliphatic carbocycles. The Morgan fingerprint density at radius 3 is 3.17 bits per heavy atom. The molecule has 94 valence electrons. The number of methoxy groups -OCH3 is 1. The molecule has 2 atom stereocenters. The van der Waals surface area contributed by atoms with Crippen LogP contribution in [-0.2, 0) is 4.74 Å². The minimum atomic E-state index is -0.147. The maximum absolute atomic E-state index is 11.9. The van der Waals surface area contributed by atoms with Crippen LogP contribution in [-0.4, -0.2) is 34.7 Å². The molecular formula is C12H14N4O2. The molecule has 0 bridgehead atoms. The van der Waals surface area contributed by atoms with E-state index in [9.17, 15) is 4.79 Å². The van der Waals surface area contributed by atoms with E-state index in [1.807, 2.05) is 0 Å². The second-order valence-corrected chi connectivity index (χ2v) is 4.40. The Bertz CT molecular complexity index is 625. The normalized spacial score (nSPS) is 23.6. The molecule has 0 saturated carbocycles. The highest BCUT2D eigenvalue weighted by Gasteiger charge is 2.27. The fraction of sp³-hybridized carbons (Fsp3) is 0.417. The lowest BCUT2D eigenvalue weighted by atomic mass is 10.2. The molecule has 1 aliphatic heterocycles. The van der Waals surface area contributed by atoms with Gasteiger partial charge in [0.1, 0.15) is 5.82 Å². The van der Waals surface area contributed by atoms with Gasteiger partial charge in [-0.3, -0.25) is 9.78 Å². The summed E-state index contributed by atoms with van der Waals surface area (Å²) in [4.78, 5) is 23.1. The van der Waals surface area contributed by atoms with E-state index in [0.717, 1.165) is 13.0 Å². The highest BCUT2D eigenvalue weighted by Crippen LogP contribution is 2.22. The lowest BCUT2D eigenvalue weighted by molar-refractivity contribution is 0.117. The van der Waals surface area contributed by atoms with E-state index < -0.39 is 0 Å². The zero-order valence-electron chi connectivity index (χ0n) is 10.0. The predicted molar refractivity (Wildman–Crippen MR) is 66.3 cm³/mol. The summed E-state index contributed by atoms with van der Waals surface area (Å²) in [5.41, 5.74) is 0.525. The van der Waals surface area contributed by atoms with Crippen molar-refractivity contribution in [2.75, 3.05) is 13.7 Å². The van der Waals surface area contributed by atoms with Gasteiger partial charge in [-0.25, -0.2) is 4.98 Å². The van der Waals surface area contributed by atoms with Crippen molar-refractivity contribution in [1.82, 2.24) is 20.3 Å². The summed E-state index contributed by atoms with van der Waals surface area (Å²) >= 11 is 0. The summed E-state index contributed by atoms with van der Waals surface area (Å²) in [5.74, 6) is 0.665. The van der Waals surface area contributed by atoms with Crippen molar-refractivity contribution in [1.29, 1.82) is 0 Å². The molecule has 2 N–H and O–H groups in total. The number of fused-ring (bicyclic) bond motifs is 1. The number of nitrogens with zero attached hydrogens (tertiary/aromatic N) is 2. The van der Waals surface area contributed by atoms with E-state index in [1.165, 1.54) is 6.20 Å². The molecule has 1 saturated heterocycles. The van der Waals surface area contributed by atoms with Crippen LogP contribution in [0, 0.1) is 0 Å². The number of rotatable bonds is 2. The molecule has 0 radical (unpaired) electrons. The van der Waals surface area contributed by atoms with Crippen LogP contribution in [0.1, 0.15) is 18.3 Å². The van der Waals surface area contributed by atoms with Crippen molar-refractivity contribution < 1.29 is 4.74 Å². The minimum absolute atomic E-state index is 0.0419. The fourth-order valence-corrected chi connectivity index (χ4v) is 2.26. The molecule has 0 unspecified atom stereocenters. The lowest BCUT2D eigenvalue weighted by Gasteiger charge is -2.10. The molecule has 3 heterocycles. The zero-order chi connectivity index (χ0) is 12.5. The fourth-order valence-electron chi connectivity index (χ4n) is 2.26. The van der Waals surface area contributed by atoms with Crippen LogP contribution in [0.4, 0.5) is 0 Å².